The Balaban J connectivity index is 0.00000169. The van der Waals surface area contributed by atoms with Gasteiger partial charge in [-0.15, -0.1) is 0 Å². The molecular weight excluding hydrogens is 215 g/mol. The number of hydrogen-bond acceptors (Lipinski definition) is 4. The predicted molar refractivity (Wildman–Crippen MR) is 45.2 cm³/mol. The van der Waals surface area contributed by atoms with Gasteiger partial charge in [0.1, 0.15) is 6.29 Å². The fraction of sp³-hybridized carbons (Fsp3) is 0.125. The molecule has 0 aliphatic carbocycles. The minimum absolute atomic E-state index is 0. The number of rotatable bonds is 3. The van der Waals surface area contributed by atoms with Crippen molar-refractivity contribution in [2.24, 2.45) is 0 Å². The summed E-state index contributed by atoms with van der Waals surface area (Å²) in [6.45, 7) is 0. The van der Waals surface area contributed by atoms with Crippen LogP contribution in [-0.2, 0) is 15.9 Å². The molecule has 0 spiro atoms. The van der Waals surface area contributed by atoms with Crippen molar-refractivity contribution in [1.82, 2.24) is 0 Å². The van der Waals surface area contributed by atoms with E-state index in [1.54, 1.807) is 12.1 Å². The molecule has 70 valence electrons. The van der Waals surface area contributed by atoms with E-state index in [9.17, 15) is 17.8 Å². The van der Waals surface area contributed by atoms with Gasteiger partial charge < -0.3 is 4.55 Å². The van der Waals surface area contributed by atoms with Crippen LogP contribution in [0.1, 0.15) is 15.9 Å². The monoisotopic (exact) mass is 222 g/mol. The maximum Gasteiger partial charge on any atom is 1.00 e. The Kier molecular flexibility index (Phi) is 5.54. The molecule has 0 aliphatic rings. The second-order valence-electron chi connectivity index (χ2n) is 2.52. The summed E-state index contributed by atoms with van der Waals surface area (Å²) in [6, 6.07) is 6.09. The molecule has 0 saturated heterocycles. The summed E-state index contributed by atoms with van der Waals surface area (Å²) in [4.78, 5) is 10.4. The Morgan fingerprint density at radius 3 is 2.36 bits per heavy atom. The third-order valence-corrected chi connectivity index (χ3v) is 2.18. The summed E-state index contributed by atoms with van der Waals surface area (Å²) < 4.78 is 31.2. The summed E-state index contributed by atoms with van der Waals surface area (Å²) in [5.41, 5.74) is 0.481. The van der Waals surface area contributed by atoms with Crippen LogP contribution < -0.4 is 29.6 Å². The van der Waals surface area contributed by atoms with Crippen molar-refractivity contribution in [3.63, 3.8) is 0 Å². The van der Waals surface area contributed by atoms with Gasteiger partial charge in [0.25, 0.3) is 0 Å². The van der Waals surface area contributed by atoms with Crippen LogP contribution in [0, 0.1) is 0 Å². The van der Waals surface area contributed by atoms with Gasteiger partial charge in [-0.2, -0.15) is 0 Å². The first kappa shape index (κ1) is 13.8. The molecule has 0 atom stereocenters. The molecule has 14 heavy (non-hydrogen) atoms. The number of carbonyl (C=O) groups is 1. The van der Waals surface area contributed by atoms with Gasteiger partial charge in [0, 0.05) is 5.56 Å². The minimum atomic E-state index is -4.32. The fourth-order valence-corrected chi connectivity index (χ4v) is 1.61. The van der Waals surface area contributed by atoms with Gasteiger partial charge in [0.2, 0.25) is 0 Å². The van der Waals surface area contributed by atoms with Gasteiger partial charge in [-0.05, 0) is 5.56 Å². The Labute approximate surface area is 104 Å². The number of aldehydes is 1. The first-order valence-electron chi connectivity index (χ1n) is 3.49. The van der Waals surface area contributed by atoms with Crippen LogP contribution in [-0.4, -0.2) is 19.3 Å². The average Bonchev–Trinajstić information content (AvgIpc) is 2.02. The zero-order valence-corrected chi connectivity index (χ0v) is 10.5. The molecule has 0 saturated carbocycles. The molecule has 6 heteroatoms. The number of hydrogen-bond donors (Lipinski definition) is 0. The second kappa shape index (κ2) is 5.63. The average molecular weight is 222 g/mol. The van der Waals surface area contributed by atoms with Gasteiger partial charge in [-0.1, -0.05) is 24.3 Å². The molecule has 0 heterocycles. The van der Waals surface area contributed by atoms with E-state index < -0.39 is 15.9 Å². The SMILES string of the molecule is O=Cc1ccccc1CS(=O)(=O)[O-].[Na+]. The van der Waals surface area contributed by atoms with Gasteiger partial charge in [-0.3, -0.25) is 4.79 Å². The van der Waals surface area contributed by atoms with Crippen molar-refractivity contribution in [1.29, 1.82) is 0 Å². The number of carbonyl (C=O) groups excluding carboxylic acids is 1. The van der Waals surface area contributed by atoms with Crippen LogP contribution in [0.3, 0.4) is 0 Å². The van der Waals surface area contributed by atoms with E-state index >= 15 is 0 Å². The number of benzene rings is 1. The Hall–Kier alpha value is -0.200. The standard InChI is InChI=1S/C8H8O4S.Na/c9-5-7-3-1-2-4-8(7)6-13(10,11)12;/h1-5H,6H2,(H,10,11,12);/q;+1/p-1. The van der Waals surface area contributed by atoms with Crippen LogP contribution in [0.4, 0.5) is 0 Å². The van der Waals surface area contributed by atoms with E-state index in [1.807, 2.05) is 0 Å². The largest absolute Gasteiger partial charge is 1.00 e. The Morgan fingerprint density at radius 1 is 1.29 bits per heavy atom. The topological polar surface area (TPSA) is 74.3 Å². The molecule has 0 N–H and O–H groups in total. The Morgan fingerprint density at radius 2 is 1.86 bits per heavy atom. The summed E-state index contributed by atoms with van der Waals surface area (Å²) in [7, 11) is -4.32. The normalized spacial score (nSPS) is 10.4. The van der Waals surface area contributed by atoms with Crippen LogP contribution in [0.2, 0.25) is 0 Å². The van der Waals surface area contributed by atoms with Gasteiger partial charge in [0.05, 0.1) is 15.9 Å². The first-order valence-corrected chi connectivity index (χ1v) is 5.07. The molecule has 1 aromatic carbocycles. The van der Waals surface area contributed by atoms with E-state index in [1.165, 1.54) is 12.1 Å². The van der Waals surface area contributed by atoms with Gasteiger partial charge >= 0.3 is 29.6 Å². The smallest absolute Gasteiger partial charge is 0.748 e. The molecule has 0 fully saturated rings. The predicted octanol–water partition coefficient (Wildman–Crippen LogP) is -2.45. The molecule has 0 aromatic heterocycles. The van der Waals surface area contributed by atoms with Crippen LogP contribution in [0.15, 0.2) is 24.3 Å². The quantitative estimate of drug-likeness (QED) is 0.323. The third kappa shape index (κ3) is 4.34. The van der Waals surface area contributed by atoms with Crippen molar-refractivity contribution in [2.45, 2.75) is 5.75 Å². The Bertz CT molecular complexity index is 413. The van der Waals surface area contributed by atoms with Crippen molar-refractivity contribution in [2.75, 3.05) is 0 Å². The molecule has 4 nitrogen and oxygen atoms in total. The van der Waals surface area contributed by atoms with E-state index in [-0.39, 0.29) is 40.7 Å². The summed E-state index contributed by atoms with van der Waals surface area (Å²) in [5, 5.41) is 0. The summed E-state index contributed by atoms with van der Waals surface area (Å²) in [6.07, 6.45) is 0.528. The van der Waals surface area contributed by atoms with E-state index in [2.05, 4.69) is 0 Å². The van der Waals surface area contributed by atoms with E-state index in [4.69, 9.17) is 0 Å². The summed E-state index contributed by atoms with van der Waals surface area (Å²) >= 11 is 0. The van der Waals surface area contributed by atoms with Crippen molar-refractivity contribution < 1.29 is 47.3 Å². The van der Waals surface area contributed by atoms with E-state index in [0.29, 0.717) is 6.29 Å². The van der Waals surface area contributed by atoms with Crippen molar-refractivity contribution in [3.05, 3.63) is 35.4 Å². The molecular formula is C8H7NaO4S. The molecule has 1 aromatic rings. The van der Waals surface area contributed by atoms with Crippen molar-refractivity contribution >= 4 is 16.4 Å². The maximum absolute atomic E-state index is 10.4. The van der Waals surface area contributed by atoms with Crippen LogP contribution >= 0.6 is 0 Å². The molecule has 0 radical (unpaired) electrons. The third-order valence-electron chi connectivity index (χ3n) is 1.51. The molecule has 0 amide bonds. The molecule has 0 aliphatic heterocycles. The zero-order valence-electron chi connectivity index (χ0n) is 7.64. The summed E-state index contributed by atoms with van der Waals surface area (Å²) in [5.74, 6) is -0.637. The van der Waals surface area contributed by atoms with Gasteiger partial charge in [-0.25, -0.2) is 8.42 Å². The molecule has 0 unspecified atom stereocenters. The van der Waals surface area contributed by atoms with Crippen LogP contribution in [0.25, 0.3) is 0 Å². The molecule has 1 rings (SSSR count). The van der Waals surface area contributed by atoms with Crippen molar-refractivity contribution in [3.8, 4) is 0 Å². The second-order valence-corrected chi connectivity index (χ2v) is 3.92. The molecule has 0 bridgehead atoms. The van der Waals surface area contributed by atoms with E-state index in [0.717, 1.165) is 0 Å². The maximum atomic E-state index is 10.4. The fourth-order valence-electron chi connectivity index (χ4n) is 0.971. The van der Waals surface area contributed by atoms with Gasteiger partial charge in [0.15, 0.2) is 0 Å². The zero-order chi connectivity index (χ0) is 9.90. The minimum Gasteiger partial charge on any atom is -0.748 e. The first-order chi connectivity index (χ1) is 6.03. The van der Waals surface area contributed by atoms with Crippen LogP contribution in [0.5, 0.6) is 0 Å².